The van der Waals surface area contributed by atoms with Gasteiger partial charge in [0, 0.05) is 17.5 Å². The van der Waals surface area contributed by atoms with E-state index in [2.05, 4.69) is 10.3 Å². The summed E-state index contributed by atoms with van der Waals surface area (Å²) in [6, 6.07) is 3.26. The Balaban J connectivity index is 1.78. The monoisotopic (exact) mass is 450 g/mol. The first-order valence-electron chi connectivity index (χ1n) is 6.94. The topological polar surface area (TPSA) is 60.5 Å². The third-order valence-electron chi connectivity index (χ3n) is 3.64. The quantitative estimate of drug-likeness (QED) is 0.550. The number of amides is 1. The minimum Gasteiger partial charge on any atom is -0.443 e. The number of ether oxygens (including phenoxy) is 2. The number of aromatic nitrogens is 1. The second-order valence-electron chi connectivity index (χ2n) is 5.36. The van der Waals surface area contributed by atoms with Crippen LogP contribution >= 0.6 is 34.2 Å². The highest BCUT2D eigenvalue weighted by Gasteiger charge is 2.28. The zero-order valence-electron chi connectivity index (χ0n) is 12.1. The lowest BCUT2D eigenvalue weighted by Crippen LogP contribution is -2.27. The Morgan fingerprint density at radius 1 is 1.52 bits per heavy atom. The van der Waals surface area contributed by atoms with Crippen molar-refractivity contribution in [2.45, 2.75) is 13.0 Å². The molecular weight excluding hydrogens is 438 g/mol. The summed E-state index contributed by atoms with van der Waals surface area (Å²) in [6.45, 7) is 2.93. The molecule has 5 nitrogen and oxygen atoms in total. The SMILES string of the molecule is CC1COCC1OC(=O)Nc1cc2cc(I)c(F)c(Cl)c2cn1. The van der Waals surface area contributed by atoms with Crippen LogP contribution in [0.5, 0.6) is 0 Å². The fourth-order valence-corrected chi connectivity index (χ4v) is 3.35. The van der Waals surface area contributed by atoms with Gasteiger partial charge in [0.15, 0.2) is 5.82 Å². The number of hydrogen-bond donors (Lipinski definition) is 1. The van der Waals surface area contributed by atoms with Gasteiger partial charge in [-0.15, -0.1) is 0 Å². The number of fused-ring (bicyclic) bond motifs is 1. The van der Waals surface area contributed by atoms with Gasteiger partial charge in [-0.05, 0) is 40.1 Å². The summed E-state index contributed by atoms with van der Waals surface area (Å²) in [7, 11) is 0. The number of carbonyl (C=O) groups is 1. The van der Waals surface area contributed by atoms with Gasteiger partial charge >= 0.3 is 6.09 Å². The summed E-state index contributed by atoms with van der Waals surface area (Å²) in [4.78, 5) is 16.0. The number of anilines is 1. The van der Waals surface area contributed by atoms with Gasteiger partial charge in [-0.1, -0.05) is 18.5 Å². The summed E-state index contributed by atoms with van der Waals surface area (Å²) in [6.07, 6.45) is 0.565. The molecule has 2 unspecified atom stereocenters. The average Bonchev–Trinajstić information content (AvgIpc) is 2.90. The molecule has 0 radical (unpaired) electrons. The van der Waals surface area contributed by atoms with Gasteiger partial charge in [-0.25, -0.2) is 14.2 Å². The second-order valence-corrected chi connectivity index (χ2v) is 6.90. The van der Waals surface area contributed by atoms with Gasteiger partial charge in [-0.2, -0.15) is 0 Å². The smallest absolute Gasteiger partial charge is 0.413 e. The van der Waals surface area contributed by atoms with Crippen LogP contribution in [-0.4, -0.2) is 30.4 Å². The molecule has 1 aromatic heterocycles. The van der Waals surface area contributed by atoms with Crippen LogP contribution in [0.3, 0.4) is 0 Å². The molecule has 0 bridgehead atoms. The highest BCUT2D eigenvalue weighted by Crippen LogP contribution is 2.30. The number of benzene rings is 1. The van der Waals surface area contributed by atoms with Crippen molar-refractivity contribution in [2.24, 2.45) is 5.92 Å². The predicted octanol–water partition coefficient (Wildman–Crippen LogP) is 4.22. The van der Waals surface area contributed by atoms with Gasteiger partial charge < -0.3 is 9.47 Å². The highest BCUT2D eigenvalue weighted by molar-refractivity contribution is 14.1. The van der Waals surface area contributed by atoms with E-state index in [0.29, 0.717) is 33.4 Å². The summed E-state index contributed by atoms with van der Waals surface area (Å²) >= 11 is 7.84. The number of hydrogen-bond acceptors (Lipinski definition) is 4. The van der Waals surface area contributed by atoms with E-state index in [9.17, 15) is 9.18 Å². The molecule has 1 aliphatic heterocycles. The first-order chi connectivity index (χ1) is 11.0. The molecule has 1 aromatic carbocycles. The first kappa shape index (κ1) is 16.7. The lowest BCUT2D eigenvalue weighted by atomic mass is 10.1. The molecule has 1 fully saturated rings. The largest absolute Gasteiger partial charge is 0.443 e. The molecule has 0 spiro atoms. The maximum Gasteiger partial charge on any atom is 0.413 e. The van der Waals surface area contributed by atoms with Crippen molar-refractivity contribution in [1.82, 2.24) is 4.98 Å². The number of halogens is 3. The van der Waals surface area contributed by atoms with Crippen molar-refractivity contribution >= 4 is 56.9 Å². The Labute approximate surface area is 150 Å². The van der Waals surface area contributed by atoms with Gasteiger partial charge in [0.1, 0.15) is 11.9 Å². The molecule has 0 aliphatic carbocycles. The van der Waals surface area contributed by atoms with Crippen LogP contribution in [0.2, 0.25) is 5.02 Å². The molecule has 2 aromatic rings. The molecule has 1 N–H and O–H groups in total. The van der Waals surface area contributed by atoms with Crippen molar-refractivity contribution in [3.05, 3.63) is 32.7 Å². The van der Waals surface area contributed by atoms with E-state index in [-0.39, 0.29) is 17.0 Å². The number of pyridine rings is 1. The molecule has 2 heterocycles. The van der Waals surface area contributed by atoms with Gasteiger partial charge in [-0.3, -0.25) is 5.32 Å². The Morgan fingerprint density at radius 3 is 3.00 bits per heavy atom. The van der Waals surface area contributed by atoms with Crippen molar-refractivity contribution < 1.29 is 18.7 Å². The van der Waals surface area contributed by atoms with E-state index in [4.69, 9.17) is 21.1 Å². The maximum atomic E-state index is 13.8. The Morgan fingerprint density at radius 2 is 2.30 bits per heavy atom. The van der Waals surface area contributed by atoms with Crippen molar-refractivity contribution in [2.75, 3.05) is 18.5 Å². The van der Waals surface area contributed by atoms with E-state index < -0.39 is 11.9 Å². The zero-order valence-corrected chi connectivity index (χ0v) is 15.0. The van der Waals surface area contributed by atoms with E-state index in [0.717, 1.165) is 0 Å². The minimum absolute atomic E-state index is 0.0189. The lowest BCUT2D eigenvalue weighted by molar-refractivity contribution is 0.0843. The molecular formula is C15H13ClFIN2O3. The van der Waals surface area contributed by atoms with E-state index in [1.165, 1.54) is 6.20 Å². The number of nitrogens with zero attached hydrogens (tertiary/aromatic N) is 1. The second kappa shape index (κ2) is 6.74. The van der Waals surface area contributed by atoms with Crippen molar-refractivity contribution in [3.63, 3.8) is 0 Å². The van der Waals surface area contributed by atoms with Gasteiger partial charge in [0.05, 0.1) is 21.8 Å². The third-order valence-corrected chi connectivity index (χ3v) is 4.80. The van der Waals surface area contributed by atoms with Gasteiger partial charge in [0.25, 0.3) is 0 Å². The highest BCUT2D eigenvalue weighted by atomic mass is 127. The molecule has 23 heavy (non-hydrogen) atoms. The Kier molecular flexibility index (Phi) is 4.88. The maximum absolute atomic E-state index is 13.8. The molecule has 122 valence electrons. The zero-order chi connectivity index (χ0) is 16.6. The van der Waals surface area contributed by atoms with E-state index >= 15 is 0 Å². The Hall–Kier alpha value is -1.19. The standard InChI is InChI=1S/C15H13ClFIN2O3/c1-7-5-22-6-11(7)23-15(21)20-12-3-8-2-10(18)14(17)13(16)9(8)4-19-12/h2-4,7,11H,5-6H2,1H3,(H,19,20,21). The molecule has 3 rings (SSSR count). The fourth-order valence-electron chi connectivity index (χ4n) is 2.33. The molecule has 1 amide bonds. The third kappa shape index (κ3) is 3.51. The van der Waals surface area contributed by atoms with Crippen LogP contribution in [0.4, 0.5) is 15.0 Å². The first-order valence-corrected chi connectivity index (χ1v) is 8.40. The summed E-state index contributed by atoms with van der Waals surface area (Å²) < 4.78 is 24.7. The molecule has 8 heteroatoms. The normalized spacial score (nSPS) is 20.7. The molecule has 2 atom stereocenters. The summed E-state index contributed by atoms with van der Waals surface area (Å²) in [5.74, 6) is -0.00174. The number of nitrogens with one attached hydrogen (secondary N) is 1. The van der Waals surface area contributed by atoms with Crippen LogP contribution in [-0.2, 0) is 9.47 Å². The van der Waals surface area contributed by atoms with Crippen LogP contribution in [0.15, 0.2) is 18.3 Å². The van der Waals surface area contributed by atoms with Crippen LogP contribution in [0.1, 0.15) is 6.92 Å². The van der Waals surface area contributed by atoms with Crippen LogP contribution < -0.4 is 5.32 Å². The molecule has 1 aliphatic rings. The Bertz CT molecular complexity index is 774. The van der Waals surface area contributed by atoms with Gasteiger partial charge in [0.2, 0.25) is 0 Å². The number of rotatable bonds is 2. The summed E-state index contributed by atoms with van der Waals surface area (Å²) in [5.41, 5.74) is 0. The minimum atomic E-state index is -0.595. The van der Waals surface area contributed by atoms with E-state index in [1.54, 1.807) is 12.1 Å². The predicted molar refractivity (Wildman–Crippen MR) is 93.3 cm³/mol. The number of carbonyl (C=O) groups excluding carboxylic acids is 1. The summed E-state index contributed by atoms with van der Waals surface area (Å²) in [5, 5.41) is 3.76. The van der Waals surface area contributed by atoms with Crippen molar-refractivity contribution in [3.8, 4) is 0 Å². The molecule has 1 saturated heterocycles. The van der Waals surface area contributed by atoms with Crippen molar-refractivity contribution in [1.29, 1.82) is 0 Å². The molecule has 0 saturated carbocycles. The van der Waals surface area contributed by atoms with Crippen LogP contribution in [0.25, 0.3) is 10.8 Å². The average molecular weight is 451 g/mol. The lowest BCUT2D eigenvalue weighted by Gasteiger charge is -2.15. The fraction of sp³-hybridized carbons (Fsp3) is 0.333. The van der Waals surface area contributed by atoms with Crippen LogP contribution in [0, 0.1) is 15.3 Å². The van der Waals surface area contributed by atoms with E-state index in [1.807, 2.05) is 29.5 Å².